The molecule has 1 amide bonds. The zero-order valence-electron chi connectivity index (χ0n) is 17.5. The maximum absolute atomic E-state index is 14.3. The molecule has 0 atom stereocenters. The first kappa shape index (κ1) is 23.4. The van der Waals surface area contributed by atoms with Crippen molar-refractivity contribution in [3.63, 3.8) is 0 Å². The van der Waals surface area contributed by atoms with E-state index < -0.39 is 11.7 Å². The van der Waals surface area contributed by atoms with Crippen molar-refractivity contribution in [2.45, 2.75) is 25.4 Å². The number of thioether (sulfide) groups is 1. The number of nitrogens with one attached hydrogen (secondary N) is 1. The Labute approximate surface area is 202 Å². The summed E-state index contributed by atoms with van der Waals surface area (Å²) in [5.41, 5.74) is 2.62. The van der Waals surface area contributed by atoms with Gasteiger partial charge in [0.25, 0.3) is 5.78 Å². The number of hydrogen-bond acceptors (Lipinski definition) is 5. The molecule has 0 bridgehead atoms. The number of fused-ring (bicyclic) bond motifs is 1. The van der Waals surface area contributed by atoms with Crippen LogP contribution in [0.3, 0.4) is 0 Å². The van der Waals surface area contributed by atoms with E-state index in [1.165, 1.54) is 18.2 Å². The van der Waals surface area contributed by atoms with Crippen LogP contribution in [0.2, 0.25) is 10.0 Å². The molecular weight excluding hydrogens is 491 g/mol. The van der Waals surface area contributed by atoms with Gasteiger partial charge in [0.2, 0.25) is 11.1 Å². The summed E-state index contributed by atoms with van der Waals surface area (Å²) in [7, 11) is 0. The normalized spacial score (nSPS) is 11.2. The van der Waals surface area contributed by atoms with E-state index in [1.807, 2.05) is 13.8 Å². The van der Waals surface area contributed by atoms with Crippen LogP contribution in [0.5, 0.6) is 0 Å². The molecule has 0 unspecified atom stereocenters. The molecule has 170 valence electrons. The third-order valence-electron chi connectivity index (χ3n) is 4.98. The van der Waals surface area contributed by atoms with Crippen molar-refractivity contribution >= 4 is 52.3 Å². The summed E-state index contributed by atoms with van der Waals surface area (Å²) in [6.45, 7) is 3.65. The molecule has 0 fully saturated rings. The number of carbonyl (C=O) groups is 1. The number of halogens is 4. The average molecular weight is 508 g/mol. The Morgan fingerprint density at radius 3 is 2.61 bits per heavy atom. The molecule has 0 aliphatic rings. The van der Waals surface area contributed by atoms with Gasteiger partial charge in [-0.05, 0) is 49.7 Å². The van der Waals surface area contributed by atoms with Crippen molar-refractivity contribution in [3.05, 3.63) is 80.6 Å². The quantitative estimate of drug-likeness (QED) is 0.341. The number of aromatic nitrogens is 4. The van der Waals surface area contributed by atoms with Crippen LogP contribution in [0.1, 0.15) is 22.5 Å². The molecule has 4 aromatic rings. The summed E-state index contributed by atoms with van der Waals surface area (Å²) in [6.07, 6.45) is 0.253. The van der Waals surface area contributed by atoms with Gasteiger partial charge in [-0.15, -0.1) is 5.10 Å². The molecule has 0 radical (unpaired) electrons. The van der Waals surface area contributed by atoms with Crippen LogP contribution in [0.25, 0.3) is 5.78 Å². The summed E-state index contributed by atoms with van der Waals surface area (Å²) in [4.78, 5) is 21.1. The first-order valence-corrected chi connectivity index (χ1v) is 11.5. The fourth-order valence-corrected chi connectivity index (χ4v) is 4.30. The highest BCUT2D eigenvalue weighted by molar-refractivity contribution is 7.99. The molecule has 0 saturated heterocycles. The summed E-state index contributed by atoms with van der Waals surface area (Å²) in [5, 5.41) is 7.82. The monoisotopic (exact) mass is 507 g/mol. The minimum atomic E-state index is -0.621. The van der Waals surface area contributed by atoms with Gasteiger partial charge in [0.1, 0.15) is 11.6 Å². The standard InChI is InChI=1S/C22H17Cl2F2N5OS/c1-11-14(9-15-16(24)4-3-5-17(15)25)12(2)31-21(27-11)29-22(30-31)33-10-20(32)28-19-7-6-13(23)8-18(19)26/h3-8H,9-10H2,1-2H3,(H,28,32). The lowest BCUT2D eigenvalue weighted by molar-refractivity contribution is -0.113. The number of amides is 1. The van der Waals surface area contributed by atoms with E-state index in [1.54, 1.807) is 16.6 Å². The van der Waals surface area contributed by atoms with Gasteiger partial charge in [-0.2, -0.15) is 4.98 Å². The Bertz CT molecular complexity index is 1360. The van der Waals surface area contributed by atoms with Crippen molar-refractivity contribution < 1.29 is 13.6 Å². The van der Waals surface area contributed by atoms with E-state index in [9.17, 15) is 13.6 Å². The van der Waals surface area contributed by atoms with E-state index >= 15 is 0 Å². The summed E-state index contributed by atoms with van der Waals surface area (Å²) < 4.78 is 29.7. The van der Waals surface area contributed by atoms with Gasteiger partial charge in [0, 0.05) is 33.4 Å². The molecule has 4 rings (SSSR count). The summed E-state index contributed by atoms with van der Waals surface area (Å²) in [6, 6.07) is 8.56. The molecule has 0 spiro atoms. The molecule has 1 N–H and O–H groups in total. The lowest BCUT2D eigenvalue weighted by atomic mass is 10.0. The van der Waals surface area contributed by atoms with Crippen LogP contribution in [-0.2, 0) is 11.2 Å². The van der Waals surface area contributed by atoms with Crippen LogP contribution in [-0.4, -0.2) is 31.2 Å². The molecule has 0 saturated carbocycles. The Morgan fingerprint density at radius 1 is 1.09 bits per heavy atom. The highest BCUT2D eigenvalue weighted by atomic mass is 35.5. The molecular formula is C22H17Cl2F2N5OS. The molecule has 2 aromatic heterocycles. The second-order valence-electron chi connectivity index (χ2n) is 7.21. The second-order valence-corrected chi connectivity index (χ2v) is 8.99. The molecule has 2 aromatic carbocycles. The topological polar surface area (TPSA) is 72.2 Å². The van der Waals surface area contributed by atoms with E-state index in [0.29, 0.717) is 27.2 Å². The Hall–Kier alpha value is -2.75. The summed E-state index contributed by atoms with van der Waals surface area (Å²) >= 11 is 13.0. The maximum Gasteiger partial charge on any atom is 0.253 e. The molecule has 33 heavy (non-hydrogen) atoms. The van der Waals surface area contributed by atoms with Gasteiger partial charge in [-0.1, -0.05) is 41.0 Å². The third kappa shape index (κ3) is 5.10. The van der Waals surface area contributed by atoms with Crippen LogP contribution in [0.15, 0.2) is 41.6 Å². The summed E-state index contributed by atoms with van der Waals surface area (Å²) in [5.74, 6) is -1.10. The van der Waals surface area contributed by atoms with E-state index in [-0.39, 0.29) is 28.7 Å². The number of rotatable bonds is 6. The van der Waals surface area contributed by atoms with E-state index in [2.05, 4.69) is 20.4 Å². The number of nitrogens with zero attached hydrogens (tertiary/aromatic N) is 4. The van der Waals surface area contributed by atoms with Crippen molar-refractivity contribution in [3.8, 4) is 0 Å². The zero-order chi connectivity index (χ0) is 23.7. The van der Waals surface area contributed by atoms with Crippen molar-refractivity contribution in [1.82, 2.24) is 19.6 Å². The molecule has 6 nitrogen and oxygen atoms in total. The number of anilines is 1. The lowest BCUT2D eigenvalue weighted by Gasteiger charge is -2.12. The second kappa shape index (κ2) is 9.62. The van der Waals surface area contributed by atoms with Crippen molar-refractivity contribution in [2.24, 2.45) is 0 Å². The Balaban J connectivity index is 1.52. The molecule has 2 heterocycles. The van der Waals surface area contributed by atoms with Gasteiger partial charge < -0.3 is 5.32 Å². The maximum atomic E-state index is 14.3. The van der Waals surface area contributed by atoms with E-state index in [0.717, 1.165) is 29.1 Å². The number of aryl methyl sites for hydroxylation is 2. The van der Waals surface area contributed by atoms with Gasteiger partial charge in [-0.3, -0.25) is 4.79 Å². The first-order chi connectivity index (χ1) is 15.7. The highest BCUT2D eigenvalue weighted by Crippen LogP contribution is 2.26. The van der Waals surface area contributed by atoms with Gasteiger partial charge in [-0.25, -0.2) is 18.3 Å². The highest BCUT2D eigenvalue weighted by Gasteiger charge is 2.18. The third-order valence-corrected chi connectivity index (χ3v) is 6.41. The fraction of sp³-hybridized carbons (Fsp3) is 0.182. The van der Waals surface area contributed by atoms with Crippen LogP contribution >= 0.6 is 35.0 Å². The van der Waals surface area contributed by atoms with Gasteiger partial charge in [0.15, 0.2) is 0 Å². The zero-order valence-corrected chi connectivity index (χ0v) is 19.8. The van der Waals surface area contributed by atoms with Gasteiger partial charge >= 0.3 is 0 Å². The van der Waals surface area contributed by atoms with Crippen molar-refractivity contribution in [2.75, 3.05) is 11.1 Å². The smallest absolute Gasteiger partial charge is 0.253 e. The van der Waals surface area contributed by atoms with Crippen molar-refractivity contribution in [1.29, 1.82) is 0 Å². The predicted molar refractivity (Wildman–Crippen MR) is 125 cm³/mol. The largest absolute Gasteiger partial charge is 0.323 e. The Morgan fingerprint density at radius 2 is 1.88 bits per heavy atom. The Kier molecular flexibility index (Phi) is 6.83. The number of carbonyl (C=O) groups excluding carboxylic acids is 1. The van der Waals surface area contributed by atoms with Crippen LogP contribution in [0, 0.1) is 25.5 Å². The first-order valence-electron chi connectivity index (χ1n) is 9.76. The van der Waals surface area contributed by atoms with Crippen LogP contribution < -0.4 is 5.32 Å². The minimum absolute atomic E-state index is 0.0331. The lowest BCUT2D eigenvalue weighted by Crippen LogP contribution is -2.15. The molecule has 0 aliphatic carbocycles. The fourth-order valence-electron chi connectivity index (χ4n) is 3.29. The average Bonchev–Trinajstić information content (AvgIpc) is 3.16. The molecule has 11 heteroatoms. The van der Waals surface area contributed by atoms with Crippen LogP contribution in [0.4, 0.5) is 14.5 Å². The predicted octanol–water partition coefficient (Wildman–Crippen LogP) is 5.65. The number of benzene rings is 2. The number of hydrogen-bond donors (Lipinski definition) is 1. The minimum Gasteiger partial charge on any atom is -0.323 e. The van der Waals surface area contributed by atoms with Gasteiger partial charge in [0.05, 0.1) is 11.4 Å². The SMILES string of the molecule is Cc1nc2nc(SCC(=O)Nc3ccc(Cl)cc3F)nn2c(C)c1Cc1c(F)cccc1Cl. The van der Waals surface area contributed by atoms with E-state index in [4.69, 9.17) is 23.2 Å². The molecule has 0 aliphatic heterocycles.